The minimum Gasteiger partial charge on any atom is -0.315 e. The van der Waals surface area contributed by atoms with E-state index in [1.807, 2.05) is 0 Å². The van der Waals surface area contributed by atoms with Crippen molar-refractivity contribution < 1.29 is 8.60 Å². The Labute approximate surface area is 83.4 Å². The van der Waals surface area contributed by atoms with Crippen LogP contribution in [0.25, 0.3) is 0 Å². The van der Waals surface area contributed by atoms with Gasteiger partial charge in [-0.3, -0.25) is 4.21 Å². The molecule has 0 aliphatic carbocycles. The topological polar surface area (TPSA) is 54.9 Å². The molecule has 1 aliphatic heterocycles. The maximum atomic E-state index is 12.5. The zero-order valence-corrected chi connectivity index (χ0v) is 8.26. The number of halogens is 1. The van der Waals surface area contributed by atoms with Crippen LogP contribution in [-0.4, -0.2) is 32.5 Å². The van der Waals surface area contributed by atoms with Crippen molar-refractivity contribution in [2.45, 2.75) is 16.8 Å². The third-order valence-corrected chi connectivity index (χ3v) is 3.67. The quantitative estimate of drug-likeness (QED) is 0.710. The predicted octanol–water partition coefficient (Wildman–Crippen LogP) is 0.0852. The van der Waals surface area contributed by atoms with Crippen LogP contribution in [0, 0.1) is 5.82 Å². The Hall–Kier alpha value is -0.880. The first-order chi connectivity index (χ1) is 6.77. The van der Waals surface area contributed by atoms with Crippen LogP contribution in [-0.2, 0) is 10.8 Å². The van der Waals surface area contributed by atoms with Gasteiger partial charge in [0.25, 0.3) is 0 Å². The standard InChI is InChI=1S/C8H10FN3OS/c9-6-3-11-8(12-4-6)14(13)7-1-2-10-5-7/h3-4,7,10H,1-2,5H2/t7-,14?/m1/s1. The van der Waals surface area contributed by atoms with Gasteiger partial charge in [-0.2, -0.15) is 0 Å². The van der Waals surface area contributed by atoms with Crippen LogP contribution >= 0.6 is 0 Å². The molecule has 1 unspecified atom stereocenters. The summed E-state index contributed by atoms with van der Waals surface area (Å²) in [4.78, 5) is 7.42. The van der Waals surface area contributed by atoms with Crippen LogP contribution in [0.4, 0.5) is 4.39 Å². The van der Waals surface area contributed by atoms with E-state index in [0.717, 1.165) is 25.4 Å². The minimum absolute atomic E-state index is 0.0560. The first-order valence-corrected chi connectivity index (χ1v) is 5.57. The number of hydrogen-bond donors (Lipinski definition) is 1. The summed E-state index contributed by atoms with van der Waals surface area (Å²) in [7, 11) is -1.22. The molecule has 76 valence electrons. The fourth-order valence-electron chi connectivity index (χ4n) is 1.36. The largest absolute Gasteiger partial charge is 0.315 e. The zero-order valence-electron chi connectivity index (χ0n) is 7.44. The lowest BCUT2D eigenvalue weighted by atomic mass is 10.4. The second-order valence-corrected chi connectivity index (χ2v) is 4.72. The van der Waals surface area contributed by atoms with Crippen LogP contribution in [0.1, 0.15) is 6.42 Å². The molecule has 1 saturated heterocycles. The lowest BCUT2D eigenvalue weighted by molar-refractivity contribution is 0.601. The van der Waals surface area contributed by atoms with Crippen molar-refractivity contribution in [2.24, 2.45) is 0 Å². The third kappa shape index (κ3) is 1.96. The van der Waals surface area contributed by atoms with Gasteiger partial charge in [0, 0.05) is 6.54 Å². The van der Waals surface area contributed by atoms with Gasteiger partial charge < -0.3 is 5.32 Å². The Morgan fingerprint density at radius 3 is 2.79 bits per heavy atom. The molecule has 0 radical (unpaired) electrons. The highest BCUT2D eigenvalue weighted by molar-refractivity contribution is 7.85. The summed E-state index contributed by atoms with van der Waals surface area (Å²) in [6.45, 7) is 1.59. The number of hydrogen-bond acceptors (Lipinski definition) is 4. The lowest BCUT2D eigenvalue weighted by Gasteiger charge is -2.05. The SMILES string of the molecule is O=S(c1ncc(F)cn1)[C@@H]1CCNC1. The van der Waals surface area contributed by atoms with Crippen molar-refractivity contribution in [3.63, 3.8) is 0 Å². The monoisotopic (exact) mass is 215 g/mol. The molecule has 0 bridgehead atoms. The average molecular weight is 215 g/mol. The van der Waals surface area contributed by atoms with E-state index in [4.69, 9.17) is 0 Å². The molecule has 14 heavy (non-hydrogen) atoms. The number of rotatable bonds is 2. The molecule has 1 fully saturated rings. The van der Waals surface area contributed by atoms with E-state index in [1.54, 1.807) is 0 Å². The maximum Gasteiger partial charge on any atom is 0.218 e. The lowest BCUT2D eigenvalue weighted by Crippen LogP contribution is -2.20. The highest BCUT2D eigenvalue weighted by atomic mass is 32.2. The average Bonchev–Trinajstić information content (AvgIpc) is 2.71. The fraction of sp³-hybridized carbons (Fsp3) is 0.500. The van der Waals surface area contributed by atoms with Crippen molar-refractivity contribution in [3.8, 4) is 0 Å². The zero-order chi connectivity index (χ0) is 9.97. The molecule has 6 heteroatoms. The predicted molar refractivity (Wildman–Crippen MR) is 49.7 cm³/mol. The Balaban J connectivity index is 2.14. The van der Waals surface area contributed by atoms with Crippen molar-refractivity contribution >= 4 is 10.8 Å². The first-order valence-electron chi connectivity index (χ1n) is 4.36. The van der Waals surface area contributed by atoms with Crippen LogP contribution in [0.15, 0.2) is 17.6 Å². The van der Waals surface area contributed by atoms with E-state index < -0.39 is 16.6 Å². The summed E-state index contributed by atoms with van der Waals surface area (Å²) in [6.07, 6.45) is 2.94. The molecule has 4 nitrogen and oxygen atoms in total. The molecule has 2 rings (SSSR count). The molecule has 2 heterocycles. The van der Waals surface area contributed by atoms with Crippen molar-refractivity contribution in [2.75, 3.05) is 13.1 Å². The summed E-state index contributed by atoms with van der Waals surface area (Å²) in [5.74, 6) is -0.504. The Morgan fingerprint density at radius 2 is 2.21 bits per heavy atom. The minimum atomic E-state index is -1.22. The van der Waals surface area contributed by atoms with E-state index in [1.165, 1.54) is 0 Å². The maximum absolute atomic E-state index is 12.5. The van der Waals surface area contributed by atoms with Crippen LogP contribution < -0.4 is 5.32 Å². The summed E-state index contributed by atoms with van der Waals surface area (Å²) < 4.78 is 24.3. The summed E-state index contributed by atoms with van der Waals surface area (Å²) >= 11 is 0. The molecular formula is C8H10FN3OS. The molecule has 1 aliphatic rings. The Bertz CT molecular complexity index is 337. The van der Waals surface area contributed by atoms with E-state index in [2.05, 4.69) is 15.3 Å². The Morgan fingerprint density at radius 1 is 1.50 bits per heavy atom. The van der Waals surface area contributed by atoms with Gasteiger partial charge in [0.2, 0.25) is 5.16 Å². The first kappa shape index (κ1) is 9.67. The van der Waals surface area contributed by atoms with Gasteiger partial charge in [0.15, 0.2) is 5.82 Å². The van der Waals surface area contributed by atoms with Crippen LogP contribution in [0.5, 0.6) is 0 Å². The normalized spacial score (nSPS) is 23.6. The Kier molecular flexibility index (Phi) is 2.83. The van der Waals surface area contributed by atoms with Gasteiger partial charge in [0.05, 0.1) is 28.4 Å². The van der Waals surface area contributed by atoms with Crippen molar-refractivity contribution in [1.29, 1.82) is 0 Å². The van der Waals surface area contributed by atoms with E-state index >= 15 is 0 Å². The number of nitrogens with one attached hydrogen (secondary N) is 1. The fourth-order valence-corrected chi connectivity index (χ4v) is 2.58. The molecule has 0 aromatic carbocycles. The summed E-state index contributed by atoms with van der Waals surface area (Å²) in [5.41, 5.74) is 0. The molecule has 2 atom stereocenters. The van der Waals surface area contributed by atoms with Gasteiger partial charge in [-0.15, -0.1) is 0 Å². The highest BCUT2D eigenvalue weighted by Gasteiger charge is 2.23. The molecule has 0 spiro atoms. The molecule has 1 aromatic heterocycles. The van der Waals surface area contributed by atoms with Gasteiger partial charge in [-0.1, -0.05) is 0 Å². The number of aromatic nitrogens is 2. The van der Waals surface area contributed by atoms with E-state index in [-0.39, 0.29) is 10.4 Å². The molecule has 1 aromatic rings. The van der Waals surface area contributed by atoms with Gasteiger partial charge in [-0.25, -0.2) is 14.4 Å². The summed E-state index contributed by atoms with van der Waals surface area (Å²) in [5, 5.41) is 3.39. The van der Waals surface area contributed by atoms with Crippen LogP contribution in [0.3, 0.4) is 0 Å². The van der Waals surface area contributed by atoms with E-state index in [9.17, 15) is 8.60 Å². The van der Waals surface area contributed by atoms with Gasteiger partial charge >= 0.3 is 0 Å². The second-order valence-electron chi connectivity index (χ2n) is 3.10. The smallest absolute Gasteiger partial charge is 0.218 e. The van der Waals surface area contributed by atoms with Crippen molar-refractivity contribution in [3.05, 3.63) is 18.2 Å². The van der Waals surface area contributed by atoms with Gasteiger partial charge in [-0.05, 0) is 13.0 Å². The van der Waals surface area contributed by atoms with E-state index in [0.29, 0.717) is 6.54 Å². The third-order valence-electron chi connectivity index (χ3n) is 2.09. The van der Waals surface area contributed by atoms with Crippen LogP contribution in [0.2, 0.25) is 0 Å². The molecule has 0 saturated carbocycles. The second kappa shape index (κ2) is 4.10. The highest BCUT2D eigenvalue weighted by Crippen LogP contribution is 2.11. The molecular weight excluding hydrogens is 205 g/mol. The van der Waals surface area contributed by atoms with Crippen molar-refractivity contribution in [1.82, 2.24) is 15.3 Å². The number of nitrogens with zero attached hydrogens (tertiary/aromatic N) is 2. The molecule has 0 amide bonds. The van der Waals surface area contributed by atoms with Gasteiger partial charge in [0.1, 0.15) is 0 Å². The summed E-state index contributed by atoms with van der Waals surface area (Å²) in [6, 6.07) is 0. The molecule has 1 N–H and O–H groups in total.